The number of hydrogen-bond donors (Lipinski definition) is 1. The first kappa shape index (κ1) is 20.3. The lowest BCUT2D eigenvalue weighted by atomic mass is 9.87. The minimum Gasteiger partial charge on any atom is -0.296 e. The zero-order valence-electron chi connectivity index (χ0n) is 16.2. The van der Waals surface area contributed by atoms with Crippen molar-refractivity contribution in [3.05, 3.63) is 77.4 Å². The first-order valence-electron chi connectivity index (χ1n) is 9.01. The minimum atomic E-state index is -0.169. The molecule has 0 aliphatic heterocycles. The third-order valence-electron chi connectivity index (χ3n) is 4.05. The molecule has 0 aliphatic rings. The number of nitrogens with zero attached hydrogens (tertiary/aromatic N) is 2. The van der Waals surface area contributed by atoms with Crippen molar-refractivity contribution in [2.75, 3.05) is 11.1 Å². The van der Waals surface area contributed by atoms with Gasteiger partial charge in [-0.1, -0.05) is 98.5 Å². The van der Waals surface area contributed by atoms with Gasteiger partial charge in [-0.3, -0.25) is 10.1 Å². The molecule has 0 bridgehead atoms. The van der Waals surface area contributed by atoms with Crippen LogP contribution < -0.4 is 5.32 Å². The minimum absolute atomic E-state index is 0.0648. The van der Waals surface area contributed by atoms with Crippen molar-refractivity contribution >= 4 is 40.2 Å². The lowest BCUT2D eigenvalue weighted by Gasteiger charge is -2.18. The van der Waals surface area contributed by atoms with Crippen molar-refractivity contribution in [3.8, 4) is 0 Å². The molecule has 3 rings (SSSR count). The summed E-state index contributed by atoms with van der Waals surface area (Å²) in [5.41, 5.74) is 3.05. The molecule has 1 amide bonds. The Bertz CT molecular complexity index is 942. The molecule has 0 atom stereocenters. The van der Waals surface area contributed by atoms with Crippen LogP contribution in [-0.2, 0) is 5.41 Å². The van der Waals surface area contributed by atoms with Gasteiger partial charge in [0.1, 0.15) is 0 Å². The van der Waals surface area contributed by atoms with Crippen LogP contribution in [0.25, 0.3) is 6.08 Å². The van der Waals surface area contributed by atoms with E-state index >= 15 is 0 Å². The molecule has 0 saturated heterocycles. The molecule has 1 heterocycles. The molecular weight excluding hydrogens is 386 g/mol. The monoisotopic (exact) mass is 409 g/mol. The van der Waals surface area contributed by atoms with Crippen molar-refractivity contribution in [3.63, 3.8) is 0 Å². The van der Waals surface area contributed by atoms with Gasteiger partial charge in [-0.15, -0.1) is 10.2 Å². The lowest BCUT2D eigenvalue weighted by Crippen LogP contribution is -2.14. The number of benzene rings is 2. The number of carbonyl (C=O) groups is 1. The molecular formula is C22H23N3OS2. The maximum Gasteiger partial charge on any atom is 0.257 e. The van der Waals surface area contributed by atoms with Crippen molar-refractivity contribution in [2.24, 2.45) is 0 Å². The van der Waals surface area contributed by atoms with E-state index in [1.165, 1.54) is 22.5 Å². The van der Waals surface area contributed by atoms with Gasteiger partial charge >= 0.3 is 0 Å². The number of carbonyl (C=O) groups excluding carboxylic acids is 1. The van der Waals surface area contributed by atoms with Crippen LogP contribution in [-0.4, -0.2) is 21.9 Å². The number of anilines is 1. The van der Waals surface area contributed by atoms with Gasteiger partial charge in [-0.2, -0.15) is 0 Å². The largest absolute Gasteiger partial charge is 0.296 e. The van der Waals surface area contributed by atoms with Gasteiger partial charge in [0, 0.05) is 11.3 Å². The molecule has 0 unspecified atom stereocenters. The smallest absolute Gasteiger partial charge is 0.257 e. The van der Waals surface area contributed by atoms with Crippen LogP contribution in [0.3, 0.4) is 0 Å². The van der Waals surface area contributed by atoms with Crippen LogP contribution in [0.15, 0.2) is 65.0 Å². The third-order valence-corrected chi connectivity index (χ3v) is 5.98. The summed E-state index contributed by atoms with van der Waals surface area (Å²) in [6.07, 6.45) is 4.18. The predicted octanol–water partition coefficient (Wildman–Crippen LogP) is 5.89. The Balaban J connectivity index is 1.52. The normalized spacial score (nSPS) is 11.7. The highest BCUT2D eigenvalue weighted by atomic mass is 32.2. The number of hydrogen-bond acceptors (Lipinski definition) is 5. The number of rotatable bonds is 6. The van der Waals surface area contributed by atoms with Gasteiger partial charge in [0.15, 0.2) is 4.34 Å². The Morgan fingerprint density at radius 2 is 1.79 bits per heavy atom. The topological polar surface area (TPSA) is 54.9 Å². The van der Waals surface area contributed by atoms with Gasteiger partial charge in [0.2, 0.25) is 5.13 Å². The number of aromatic nitrogens is 2. The summed E-state index contributed by atoms with van der Waals surface area (Å²) < 4.78 is 0.830. The van der Waals surface area contributed by atoms with E-state index in [0.717, 1.165) is 10.1 Å². The van der Waals surface area contributed by atoms with Crippen LogP contribution in [0.5, 0.6) is 0 Å². The van der Waals surface area contributed by atoms with Crippen LogP contribution in [0.4, 0.5) is 5.13 Å². The lowest BCUT2D eigenvalue weighted by molar-refractivity contribution is 0.102. The second kappa shape index (κ2) is 9.17. The summed E-state index contributed by atoms with van der Waals surface area (Å²) in [5, 5.41) is 11.5. The van der Waals surface area contributed by atoms with Crippen molar-refractivity contribution < 1.29 is 4.79 Å². The van der Waals surface area contributed by atoms with Crippen molar-refractivity contribution in [1.29, 1.82) is 0 Å². The Hall–Kier alpha value is -2.44. The molecule has 4 nitrogen and oxygen atoms in total. The zero-order chi connectivity index (χ0) is 20.0. The van der Waals surface area contributed by atoms with Crippen molar-refractivity contribution in [1.82, 2.24) is 10.2 Å². The zero-order valence-corrected chi connectivity index (χ0v) is 17.8. The fraction of sp³-hybridized carbons (Fsp3) is 0.227. The summed E-state index contributed by atoms with van der Waals surface area (Å²) in [6, 6.07) is 17.8. The molecule has 3 aromatic rings. The first-order valence-corrected chi connectivity index (χ1v) is 10.8. The van der Waals surface area contributed by atoms with Crippen LogP contribution >= 0.6 is 23.1 Å². The number of amides is 1. The van der Waals surface area contributed by atoms with E-state index in [0.29, 0.717) is 10.7 Å². The molecule has 28 heavy (non-hydrogen) atoms. The second-order valence-electron chi connectivity index (χ2n) is 7.28. The summed E-state index contributed by atoms with van der Waals surface area (Å²) in [6.45, 7) is 6.45. The standard InChI is InChI=1S/C22H23N3OS2/c1-22(2,3)18-13-11-17(12-14-18)19(26)23-20-24-25-21(28-20)27-15-7-10-16-8-5-4-6-9-16/h4-14H,15H2,1-3H3,(H,23,24,26)/b10-7+. The Kier molecular flexibility index (Phi) is 6.65. The average molecular weight is 410 g/mol. The molecule has 2 aromatic carbocycles. The van der Waals surface area contributed by atoms with E-state index in [9.17, 15) is 4.79 Å². The van der Waals surface area contributed by atoms with Crippen LogP contribution in [0.2, 0.25) is 0 Å². The molecule has 0 radical (unpaired) electrons. The fourth-order valence-electron chi connectivity index (χ4n) is 2.48. The highest BCUT2D eigenvalue weighted by molar-refractivity contribution is 8.01. The molecule has 1 N–H and O–H groups in total. The van der Waals surface area contributed by atoms with Crippen LogP contribution in [0, 0.1) is 0 Å². The molecule has 0 saturated carbocycles. The summed E-state index contributed by atoms with van der Waals surface area (Å²) >= 11 is 2.98. The van der Waals surface area contributed by atoms with E-state index < -0.39 is 0 Å². The fourth-order valence-corrected chi connectivity index (χ4v) is 4.06. The Morgan fingerprint density at radius 3 is 2.46 bits per heavy atom. The van der Waals surface area contributed by atoms with Gasteiger partial charge in [-0.05, 0) is 28.7 Å². The highest BCUT2D eigenvalue weighted by Crippen LogP contribution is 2.26. The first-order chi connectivity index (χ1) is 13.4. The van der Waals surface area contributed by atoms with Gasteiger partial charge in [0.05, 0.1) is 0 Å². The number of thioether (sulfide) groups is 1. The van der Waals surface area contributed by atoms with E-state index in [-0.39, 0.29) is 11.3 Å². The third kappa shape index (κ3) is 5.78. The van der Waals surface area contributed by atoms with Gasteiger partial charge in [0.25, 0.3) is 5.91 Å². The molecule has 6 heteroatoms. The second-order valence-corrected chi connectivity index (χ2v) is 9.52. The average Bonchev–Trinajstić information content (AvgIpc) is 3.13. The Labute approximate surface area is 174 Å². The predicted molar refractivity (Wildman–Crippen MR) is 119 cm³/mol. The number of nitrogens with one attached hydrogen (secondary N) is 1. The molecule has 0 fully saturated rings. The van der Waals surface area contributed by atoms with E-state index in [1.807, 2.05) is 42.5 Å². The molecule has 1 aromatic heterocycles. The molecule has 144 valence electrons. The van der Waals surface area contributed by atoms with Crippen LogP contribution in [0.1, 0.15) is 42.3 Å². The van der Waals surface area contributed by atoms with Gasteiger partial charge in [-0.25, -0.2) is 0 Å². The summed E-state index contributed by atoms with van der Waals surface area (Å²) in [4.78, 5) is 12.4. The SMILES string of the molecule is CC(C)(C)c1ccc(C(=O)Nc2nnc(SC/C=C/c3ccccc3)s2)cc1. The van der Waals surface area contributed by atoms with E-state index in [4.69, 9.17) is 0 Å². The molecule has 0 aliphatic carbocycles. The summed E-state index contributed by atoms with van der Waals surface area (Å²) in [5.74, 6) is 0.628. The maximum atomic E-state index is 12.4. The highest BCUT2D eigenvalue weighted by Gasteiger charge is 2.15. The van der Waals surface area contributed by atoms with E-state index in [1.54, 1.807) is 11.8 Å². The van der Waals surface area contributed by atoms with Gasteiger partial charge < -0.3 is 0 Å². The molecule has 0 spiro atoms. The Morgan fingerprint density at radius 1 is 1.07 bits per heavy atom. The summed E-state index contributed by atoms with van der Waals surface area (Å²) in [7, 11) is 0. The quantitative estimate of drug-likeness (QED) is 0.407. The van der Waals surface area contributed by atoms with E-state index in [2.05, 4.69) is 60.6 Å². The van der Waals surface area contributed by atoms with Crippen molar-refractivity contribution in [2.45, 2.75) is 30.5 Å². The maximum absolute atomic E-state index is 12.4.